The normalized spacial score (nSPS) is 21.2. The SMILES string of the molecule is CCCCNC1(c2ccccc2C)C=CC=CC1.Cl. The summed E-state index contributed by atoms with van der Waals surface area (Å²) in [4.78, 5) is 0. The van der Waals surface area contributed by atoms with Crippen LogP contribution in [0.5, 0.6) is 0 Å². The molecule has 0 radical (unpaired) electrons. The molecule has 0 saturated carbocycles. The van der Waals surface area contributed by atoms with Crippen LogP contribution >= 0.6 is 12.4 Å². The van der Waals surface area contributed by atoms with Gasteiger partial charge in [-0.25, -0.2) is 0 Å². The summed E-state index contributed by atoms with van der Waals surface area (Å²) >= 11 is 0. The van der Waals surface area contributed by atoms with E-state index in [-0.39, 0.29) is 17.9 Å². The van der Waals surface area contributed by atoms with Gasteiger partial charge in [0.15, 0.2) is 0 Å². The number of nitrogens with one attached hydrogen (secondary N) is 1. The fourth-order valence-electron chi connectivity index (χ4n) is 2.61. The van der Waals surface area contributed by atoms with E-state index in [9.17, 15) is 0 Å². The van der Waals surface area contributed by atoms with Crippen molar-refractivity contribution in [3.63, 3.8) is 0 Å². The highest BCUT2D eigenvalue weighted by molar-refractivity contribution is 5.85. The minimum atomic E-state index is -0.00470. The molecular formula is C17H24ClN. The highest BCUT2D eigenvalue weighted by Crippen LogP contribution is 2.32. The zero-order chi connectivity index (χ0) is 12.8. The lowest BCUT2D eigenvalue weighted by Crippen LogP contribution is -2.42. The summed E-state index contributed by atoms with van der Waals surface area (Å²) in [6.45, 7) is 5.51. The van der Waals surface area contributed by atoms with Gasteiger partial charge in [0, 0.05) is 0 Å². The zero-order valence-corrected chi connectivity index (χ0v) is 12.7. The summed E-state index contributed by atoms with van der Waals surface area (Å²) in [6.07, 6.45) is 12.4. The van der Waals surface area contributed by atoms with Crippen molar-refractivity contribution >= 4 is 12.4 Å². The molecule has 1 N–H and O–H groups in total. The van der Waals surface area contributed by atoms with Crippen LogP contribution in [-0.2, 0) is 5.54 Å². The van der Waals surface area contributed by atoms with Gasteiger partial charge in [-0.05, 0) is 37.4 Å². The van der Waals surface area contributed by atoms with Crippen molar-refractivity contribution < 1.29 is 0 Å². The first-order valence-electron chi connectivity index (χ1n) is 6.94. The highest BCUT2D eigenvalue weighted by Gasteiger charge is 2.29. The fraction of sp³-hybridized carbons (Fsp3) is 0.412. The number of unbranched alkanes of at least 4 members (excludes halogenated alkanes) is 1. The van der Waals surface area contributed by atoms with Gasteiger partial charge in [0.1, 0.15) is 0 Å². The van der Waals surface area contributed by atoms with Crippen LogP contribution in [-0.4, -0.2) is 6.54 Å². The molecule has 1 aromatic carbocycles. The minimum absolute atomic E-state index is 0. The molecule has 1 aromatic rings. The summed E-state index contributed by atoms with van der Waals surface area (Å²) in [6, 6.07) is 8.70. The summed E-state index contributed by atoms with van der Waals surface area (Å²) in [5.41, 5.74) is 2.76. The Kier molecular flexibility index (Phi) is 6.33. The number of benzene rings is 1. The van der Waals surface area contributed by atoms with E-state index in [1.807, 2.05) is 0 Å². The Morgan fingerprint density at radius 2 is 2.00 bits per heavy atom. The van der Waals surface area contributed by atoms with Crippen LogP contribution in [0.3, 0.4) is 0 Å². The van der Waals surface area contributed by atoms with Crippen LogP contribution in [0.25, 0.3) is 0 Å². The monoisotopic (exact) mass is 277 g/mol. The van der Waals surface area contributed by atoms with E-state index in [1.165, 1.54) is 24.0 Å². The molecule has 1 unspecified atom stereocenters. The molecule has 1 atom stereocenters. The van der Waals surface area contributed by atoms with E-state index < -0.39 is 0 Å². The summed E-state index contributed by atoms with van der Waals surface area (Å²) in [5, 5.41) is 3.76. The molecule has 0 amide bonds. The Balaban J connectivity index is 0.00000180. The lowest BCUT2D eigenvalue weighted by Gasteiger charge is -2.34. The van der Waals surface area contributed by atoms with Gasteiger partial charge in [0.2, 0.25) is 0 Å². The van der Waals surface area contributed by atoms with E-state index in [1.54, 1.807) is 0 Å². The van der Waals surface area contributed by atoms with Gasteiger partial charge in [0.05, 0.1) is 5.54 Å². The minimum Gasteiger partial charge on any atom is -0.304 e. The van der Waals surface area contributed by atoms with Gasteiger partial charge in [0.25, 0.3) is 0 Å². The first-order valence-corrected chi connectivity index (χ1v) is 6.94. The molecule has 0 heterocycles. The first-order chi connectivity index (χ1) is 8.78. The molecule has 0 bridgehead atoms. The average molecular weight is 278 g/mol. The maximum atomic E-state index is 3.76. The predicted octanol–water partition coefficient (Wildman–Crippen LogP) is 4.52. The van der Waals surface area contributed by atoms with E-state index in [4.69, 9.17) is 0 Å². The summed E-state index contributed by atoms with van der Waals surface area (Å²) < 4.78 is 0. The molecule has 0 saturated heterocycles. The molecule has 19 heavy (non-hydrogen) atoms. The van der Waals surface area contributed by atoms with Gasteiger partial charge in [-0.1, -0.05) is 61.9 Å². The molecule has 2 heteroatoms. The lowest BCUT2D eigenvalue weighted by molar-refractivity contribution is 0.409. The number of halogens is 1. The molecule has 1 aliphatic rings. The van der Waals surface area contributed by atoms with Crippen molar-refractivity contribution in [2.45, 2.75) is 38.6 Å². The Hall–Kier alpha value is -1.05. The summed E-state index contributed by atoms with van der Waals surface area (Å²) in [5.74, 6) is 0. The topological polar surface area (TPSA) is 12.0 Å². The van der Waals surface area contributed by atoms with E-state index in [0.29, 0.717) is 0 Å². The Morgan fingerprint density at radius 3 is 2.63 bits per heavy atom. The van der Waals surface area contributed by atoms with Crippen molar-refractivity contribution in [2.75, 3.05) is 6.54 Å². The number of allylic oxidation sites excluding steroid dienone is 2. The standard InChI is InChI=1S/C17H23N.ClH/c1-3-4-14-18-17(12-8-5-9-13-17)16-11-7-6-10-15(16)2;/h5-12,18H,3-4,13-14H2,1-2H3;1H. The third-order valence-corrected chi connectivity index (χ3v) is 3.66. The second-order valence-electron chi connectivity index (χ2n) is 5.06. The van der Waals surface area contributed by atoms with Crippen molar-refractivity contribution in [3.8, 4) is 0 Å². The zero-order valence-electron chi connectivity index (χ0n) is 11.9. The van der Waals surface area contributed by atoms with Crippen LogP contribution in [0.1, 0.15) is 37.3 Å². The Bertz CT molecular complexity index is 450. The fourth-order valence-corrected chi connectivity index (χ4v) is 2.61. The molecular weight excluding hydrogens is 254 g/mol. The molecule has 0 fully saturated rings. The molecule has 0 spiro atoms. The molecule has 2 rings (SSSR count). The molecule has 0 aliphatic heterocycles. The third kappa shape index (κ3) is 3.71. The van der Waals surface area contributed by atoms with E-state index in [2.05, 4.69) is 67.7 Å². The van der Waals surface area contributed by atoms with E-state index in [0.717, 1.165) is 13.0 Å². The first kappa shape index (κ1) is 16.0. The third-order valence-electron chi connectivity index (χ3n) is 3.66. The summed E-state index contributed by atoms with van der Waals surface area (Å²) in [7, 11) is 0. The second-order valence-corrected chi connectivity index (χ2v) is 5.06. The maximum absolute atomic E-state index is 3.76. The maximum Gasteiger partial charge on any atom is 0.0661 e. The van der Waals surface area contributed by atoms with Crippen LogP contribution in [0.15, 0.2) is 48.6 Å². The van der Waals surface area contributed by atoms with Crippen molar-refractivity contribution in [1.82, 2.24) is 5.32 Å². The van der Waals surface area contributed by atoms with Gasteiger partial charge < -0.3 is 5.32 Å². The largest absolute Gasteiger partial charge is 0.304 e. The van der Waals surface area contributed by atoms with Crippen LogP contribution in [0.2, 0.25) is 0 Å². The van der Waals surface area contributed by atoms with Crippen LogP contribution < -0.4 is 5.32 Å². The second kappa shape index (κ2) is 7.52. The van der Waals surface area contributed by atoms with Crippen molar-refractivity contribution in [1.29, 1.82) is 0 Å². The number of aryl methyl sites for hydroxylation is 1. The molecule has 1 nitrogen and oxygen atoms in total. The smallest absolute Gasteiger partial charge is 0.0661 e. The van der Waals surface area contributed by atoms with Gasteiger partial charge in [-0.2, -0.15) is 0 Å². The molecule has 1 aliphatic carbocycles. The van der Waals surface area contributed by atoms with Crippen molar-refractivity contribution in [3.05, 3.63) is 59.7 Å². The Morgan fingerprint density at radius 1 is 1.21 bits per heavy atom. The predicted molar refractivity (Wildman–Crippen MR) is 85.9 cm³/mol. The van der Waals surface area contributed by atoms with Gasteiger partial charge >= 0.3 is 0 Å². The lowest BCUT2D eigenvalue weighted by atomic mass is 9.81. The van der Waals surface area contributed by atoms with E-state index >= 15 is 0 Å². The van der Waals surface area contributed by atoms with Gasteiger partial charge in [-0.15, -0.1) is 12.4 Å². The number of rotatable bonds is 5. The molecule has 104 valence electrons. The van der Waals surface area contributed by atoms with Crippen LogP contribution in [0, 0.1) is 6.92 Å². The average Bonchev–Trinajstić information content (AvgIpc) is 2.40. The van der Waals surface area contributed by atoms with Gasteiger partial charge in [-0.3, -0.25) is 0 Å². The highest BCUT2D eigenvalue weighted by atomic mass is 35.5. The Labute approximate surface area is 123 Å². The number of hydrogen-bond acceptors (Lipinski definition) is 1. The number of hydrogen-bond donors (Lipinski definition) is 1. The van der Waals surface area contributed by atoms with Crippen molar-refractivity contribution in [2.24, 2.45) is 0 Å². The van der Waals surface area contributed by atoms with Crippen LogP contribution in [0.4, 0.5) is 0 Å². The molecule has 0 aromatic heterocycles. The quantitative estimate of drug-likeness (QED) is 0.781.